The Kier molecular flexibility index (Phi) is 7.21. The number of carbonyl (C=O) groups excluding carboxylic acids is 2. The smallest absolute Gasteiger partial charge is 0.253 e. The first-order chi connectivity index (χ1) is 15.6. The van der Waals surface area contributed by atoms with Gasteiger partial charge in [-0.1, -0.05) is 30.0 Å². The lowest BCUT2D eigenvalue weighted by molar-refractivity contribution is -0.118. The Labute approximate surface area is 190 Å². The van der Waals surface area contributed by atoms with Gasteiger partial charge in [0.15, 0.2) is 5.16 Å². The third kappa shape index (κ3) is 5.56. The van der Waals surface area contributed by atoms with Crippen LogP contribution in [0.5, 0.6) is 0 Å². The quantitative estimate of drug-likeness (QED) is 0.550. The largest absolute Gasteiger partial charge is 0.351 e. The van der Waals surface area contributed by atoms with E-state index in [9.17, 15) is 14.0 Å². The molecule has 0 atom stereocenters. The highest BCUT2D eigenvalue weighted by Gasteiger charge is 2.18. The minimum absolute atomic E-state index is 0.0745. The highest BCUT2D eigenvalue weighted by Crippen LogP contribution is 2.21. The maximum absolute atomic E-state index is 13.5. The third-order valence-corrected chi connectivity index (χ3v) is 6.33. The van der Waals surface area contributed by atoms with Gasteiger partial charge in [0.1, 0.15) is 5.82 Å². The van der Waals surface area contributed by atoms with E-state index in [0.29, 0.717) is 23.0 Å². The maximum atomic E-state index is 13.5. The van der Waals surface area contributed by atoms with E-state index in [2.05, 4.69) is 10.3 Å². The van der Waals surface area contributed by atoms with Gasteiger partial charge in [0.05, 0.1) is 11.4 Å². The van der Waals surface area contributed by atoms with Crippen molar-refractivity contribution < 1.29 is 14.0 Å². The molecule has 6 nitrogen and oxygen atoms in total. The Morgan fingerprint density at radius 1 is 1.06 bits per heavy atom. The molecule has 1 aliphatic heterocycles. The van der Waals surface area contributed by atoms with Crippen molar-refractivity contribution in [3.63, 3.8) is 0 Å². The van der Waals surface area contributed by atoms with Gasteiger partial charge >= 0.3 is 0 Å². The van der Waals surface area contributed by atoms with Gasteiger partial charge in [-0.05, 0) is 55.2 Å². The summed E-state index contributed by atoms with van der Waals surface area (Å²) in [6.07, 6.45) is 6.68. The Bertz CT molecular complexity index is 1080. The van der Waals surface area contributed by atoms with Crippen molar-refractivity contribution in [2.75, 3.05) is 18.8 Å². The van der Waals surface area contributed by atoms with Crippen LogP contribution in [0, 0.1) is 5.82 Å². The number of nitrogens with zero attached hydrogens (tertiary/aromatic N) is 3. The second-order valence-electron chi connectivity index (χ2n) is 7.67. The second kappa shape index (κ2) is 10.5. The Balaban J connectivity index is 1.27. The normalized spacial score (nSPS) is 13.7. The van der Waals surface area contributed by atoms with Crippen molar-refractivity contribution in [3.8, 4) is 5.69 Å². The number of thioether (sulfide) groups is 1. The molecule has 166 valence electrons. The number of piperidine rings is 1. The number of hydrogen-bond donors (Lipinski definition) is 1. The van der Waals surface area contributed by atoms with Crippen LogP contribution in [0.1, 0.15) is 35.2 Å². The molecule has 0 aliphatic carbocycles. The average Bonchev–Trinajstić information content (AvgIpc) is 3.30. The lowest BCUT2D eigenvalue weighted by Crippen LogP contribution is -2.35. The molecular weight excluding hydrogens is 427 g/mol. The van der Waals surface area contributed by atoms with Crippen molar-refractivity contribution >= 4 is 23.6 Å². The summed E-state index contributed by atoms with van der Waals surface area (Å²) in [5, 5.41) is 3.51. The first-order valence-electron chi connectivity index (χ1n) is 10.7. The van der Waals surface area contributed by atoms with Crippen molar-refractivity contribution in [2.24, 2.45) is 0 Å². The Morgan fingerprint density at radius 3 is 2.59 bits per heavy atom. The van der Waals surface area contributed by atoms with Crippen molar-refractivity contribution in [1.82, 2.24) is 19.8 Å². The number of aromatic nitrogens is 2. The monoisotopic (exact) mass is 452 g/mol. The summed E-state index contributed by atoms with van der Waals surface area (Å²) in [6.45, 7) is 2.04. The zero-order valence-corrected chi connectivity index (χ0v) is 18.5. The summed E-state index contributed by atoms with van der Waals surface area (Å²) >= 11 is 1.29. The number of hydrogen-bond acceptors (Lipinski definition) is 4. The molecule has 4 rings (SSSR count). The van der Waals surface area contributed by atoms with Crippen molar-refractivity contribution in [2.45, 2.75) is 31.0 Å². The number of imidazole rings is 1. The van der Waals surface area contributed by atoms with Crippen LogP contribution in [0.15, 0.2) is 66.1 Å². The highest BCUT2D eigenvalue weighted by atomic mass is 32.2. The predicted molar refractivity (Wildman–Crippen MR) is 122 cm³/mol. The van der Waals surface area contributed by atoms with Gasteiger partial charge in [0.25, 0.3) is 5.91 Å². The molecule has 1 N–H and O–H groups in total. The molecule has 1 fully saturated rings. The van der Waals surface area contributed by atoms with Crippen molar-refractivity contribution in [1.29, 1.82) is 0 Å². The first-order valence-corrected chi connectivity index (χ1v) is 11.7. The minimum atomic E-state index is -0.325. The predicted octanol–water partition coefficient (Wildman–Crippen LogP) is 4.05. The van der Waals surface area contributed by atoms with Gasteiger partial charge in [0.2, 0.25) is 5.91 Å². The zero-order chi connectivity index (χ0) is 22.3. The summed E-state index contributed by atoms with van der Waals surface area (Å²) < 4.78 is 15.3. The molecule has 1 aromatic heterocycles. The molecule has 2 amide bonds. The van der Waals surface area contributed by atoms with Crippen molar-refractivity contribution in [3.05, 3.63) is 77.9 Å². The molecule has 0 spiro atoms. The van der Waals surface area contributed by atoms with Gasteiger partial charge in [-0.15, -0.1) is 0 Å². The van der Waals surface area contributed by atoms with E-state index in [1.165, 1.54) is 30.3 Å². The molecule has 0 bridgehead atoms. The highest BCUT2D eigenvalue weighted by molar-refractivity contribution is 7.99. The number of carbonyl (C=O) groups is 2. The van der Waals surface area contributed by atoms with E-state index in [1.54, 1.807) is 29.1 Å². The van der Waals surface area contributed by atoms with Gasteiger partial charge in [-0.3, -0.25) is 14.2 Å². The lowest BCUT2D eigenvalue weighted by Gasteiger charge is -2.26. The van der Waals surface area contributed by atoms with E-state index in [4.69, 9.17) is 0 Å². The fourth-order valence-corrected chi connectivity index (χ4v) is 4.45. The Morgan fingerprint density at radius 2 is 1.84 bits per heavy atom. The number of halogens is 1. The van der Waals surface area contributed by atoms with Crippen LogP contribution in [0.25, 0.3) is 5.69 Å². The molecule has 2 aromatic carbocycles. The van der Waals surface area contributed by atoms with Crippen LogP contribution < -0.4 is 5.32 Å². The van der Waals surface area contributed by atoms with Gasteiger partial charge < -0.3 is 10.2 Å². The number of nitrogens with one attached hydrogen (secondary N) is 1. The molecule has 0 radical (unpaired) electrons. The molecule has 0 unspecified atom stereocenters. The summed E-state index contributed by atoms with van der Waals surface area (Å²) in [4.78, 5) is 31.0. The topological polar surface area (TPSA) is 67.2 Å². The molecule has 3 aromatic rings. The molecular formula is C24H25FN4O2S. The second-order valence-corrected chi connectivity index (χ2v) is 8.62. The van der Waals surface area contributed by atoms with Crippen LogP contribution in [0.3, 0.4) is 0 Å². The van der Waals surface area contributed by atoms with Crippen LogP contribution in [0.2, 0.25) is 0 Å². The third-order valence-electron chi connectivity index (χ3n) is 5.36. The minimum Gasteiger partial charge on any atom is -0.351 e. The number of benzene rings is 2. The fourth-order valence-electron chi connectivity index (χ4n) is 3.65. The lowest BCUT2D eigenvalue weighted by atomic mass is 10.1. The van der Waals surface area contributed by atoms with Crippen LogP contribution in [-0.4, -0.2) is 45.1 Å². The molecule has 1 aliphatic rings. The van der Waals surface area contributed by atoms with E-state index in [1.807, 2.05) is 29.2 Å². The van der Waals surface area contributed by atoms with Gasteiger partial charge in [0, 0.05) is 37.6 Å². The fraction of sp³-hybridized carbons (Fsp3) is 0.292. The summed E-state index contributed by atoms with van der Waals surface area (Å²) in [5.41, 5.74) is 2.27. The van der Waals surface area contributed by atoms with E-state index in [-0.39, 0.29) is 23.4 Å². The van der Waals surface area contributed by atoms with Gasteiger partial charge in [-0.2, -0.15) is 0 Å². The van der Waals surface area contributed by atoms with E-state index >= 15 is 0 Å². The number of likely N-dealkylation sites (tertiary alicyclic amines) is 1. The van der Waals surface area contributed by atoms with Crippen LogP contribution in [0.4, 0.5) is 4.39 Å². The number of amides is 2. The van der Waals surface area contributed by atoms with Crippen LogP contribution in [-0.2, 0) is 11.3 Å². The van der Waals surface area contributed by atoms with E-state index < -0.39 is 0 Å². The van der Waals surface area contributed by atoms with Gasteiger partial charge in [-0.25, -0.2) is 9.37 Å². The standard InChI is InChI=1S/C24H25FN4O2S/c25-20-5-4-6-21(15-20)29-14-11-26-24(29)32-17-22(30)27-16-18-7-9-19(10-8-18)23(31)28-12-2-1-3-13-28/h4-11,14-15H,1-3,12-13,16-17H2,(H,27,30). The zero-order valence-electron chi connectivity index (χ0n) is 17.7. The molecule has 8 heteroatoms. The SMILES string of the molecule is O=C(CSc1nccn1-c1cccc(F)c1)NCc1ccc(C(=O)N2CCCCC2)cc1. The average molecular weight is 453 g/mol. The number of rotatable bonds is 7. The molecule has 0 saturated carbocycles. The van der Waals surface area contributed by atoms with E-state index in [0.717, 1.165) is 31.5 Å². The summed E-state index contributed by atoms with van der Waals surface area (Å²) in [6, 6.07) is 13.6. The first kappa shape index (κ1) is 22.1. The molecule has 32 heavy (non-hydrogen) atoms. The Hall–Kier alpha value is -3.13. The summed E-state index contributed by atoms with van der Waals surface area (Å²) in [5.74, 6) is -0.186. The molecule has 1 saturated heterocycles. The molecule has 2 heterocycles. The maximum Gasteiger partial charge on any atom is 0.253 e. The summed E-state index contributed by atoms with van der Waals surface area (Å²) in [7, 11) is 0. The van der Waals surface area contributed by atoms with Crippen LogP contribution >= 0.6 is 11.8 Å².